The highest BCUT2D eigenvalue weighted by molar-refractivity contribution is 5.94. The van der Waals surface area contributed by atoms with Gasteiger partial charge in [-0.25, -0.2) is 4.98 Å². The number of hydrogen-bond acceptors (Lipinski definition) is 4. The van der Waals surface area contributed by atoms with E-state index >= 15 is 0 Å². The lowest BCUT2D eigenvalue weighted by Gasteiger charge is -2.16. The van der Waals surface area contributed by atoms with E-state index in [9.17, 15) is 9.90 Å². The van der Waals surface area contributed by atoms with E-state index < -0.39 is 6.10 Å². The summed E-state index contributed by atoms with van der Waals surface area (Å²) < 4.78 is 7.71. The van der Waals surface area contributed by atoms with Gasteiger partial charge in [-0.05, 0) is 48.4 Å². The topological polar surface area (TPSA) is 76.4 Å². The first-order valence-electron chi connectivity index (χ1n) is 10.8. The average Bonchev–Trinajstić information content (AvgIpc) is 3.19. The van der Waals surface area contributed by atoms with E-state index in [4.69, 9.17) is 4.74 Å². The number of carbonyl (C=O) groups excluding carboxylic acids is 1. The molecular formula is C26H27N3O3. The number of ether oxygens (including phenoxy) is 1. The molecule has 4 aromatic rings. The van der Waals surface area contributed by atoms with Crippen molar-refractivity contribution >= 4 is 16.9 Å². The van der Waals surface area contributed by atoms with Gasteiger partial charge in [-0.2, -0.15) is 0 Å². The predicted molar refractivity (Wildman–Crippen MR) is 125 cm³/mol. The van der Waals surface area contributed by atoms with E-state index in [2.05, 4.69) is 17.2 Å². The van der Waals surface area contributed by atoms with Gasteiger partial charge in [0, 0.05) is 5.56 Å². The van der Waals surface area contributed by atoms with Gasteiger partial charge in [0.25, 0.3) is 5.91 Å². The number of para-hydroxylation sites is 2. The Hall–Kier alpha value is -3.64. The van der Waals surface area contributed by atoms with Crippen LogP contribution in [0.3, 0.4) is 0 Å². The van der Waals surface area contributed by atoms with Crippen molar-refractivity contribution in [2.45, 2.75) is 32.5 Å². The third-order valence-electron chi connectivity index (χ3n) is 5.34. The highest BCUT2D eigenvalue weighted by Gasteiger charge is 2.16. The van der Waals surface area contributed by atoms with Crippen molar-refractivity contribution in [2.24, 2.45) is 0 Å². The average molecular weight is 430 g/mol. The van der Waals surface area contributed by atoms with Gasteiger partial charge in [0.2, 0.25) is 0 Å². The van der Waals surface area contributed by atoms with E-state index in [0.29, 0.717) is 17.9 Å². The van der Waals surface area contributed by atoms with Gasteiger partial charge < -0.3 is 19.7 Å². The summed E-state index contributed by atoms with van der Waals surface area (Å²) in [6.45, 7) is 2.83. The van der Waals surface area contributed by atoms with E-state index in [-0.39, 0.29) is 19.1 Å². The molecule has 1 atom stereocenters. The first-order chi connectivity index (χ1) is 15.6. The van der Waals surface area contributed by atoms with Gasteiger partial charge in [-0.3, -0.25) is 4.79 Å². The number of amides is 1. The monoisotopic (exact) mass is 429 g/mol. The maximum Gasteiger partial charge on any atom is 0.251 e. The van der Waals surface area contributed by atoms with Crippen LogP contribution in [0, 0.1) is 0 Å². The minimum Gasteiger partial charge on any atom is -0.491 e. The summed E-state index contributed by atoms with van der Waals surface area (Å²) in [5.41, 5.74) is 3.56. The molecule has 0 spiro atoms. The van der Waals surface area contributed by atoms with Crippen molar-refractivity contribution < 1.29 is 14.6 Å². The number of nitrogens with zero attached hydrogens (tertiary/aromatic N) is 2. The molecule has 0 saturated heterocycles. The van der Waals surface area contributed by atoms with Crippen LogP contribution in [0.15, 0.2) is 78.9 Å². The lowest BCUT2D eigenvalue weighted by atomic mass is 10.2. The highest BCUT2D eigenvalue weighted by atomic mass is 16.5. The first-order valence-corrected chi connectivity index (χ1v) is 10.8. The predicted octanol–water partition coefficient (Wildman–Crippen LogP) is 3.97. The Balaban J connectivity index is 1.45. The summed E-state index contributed by atoms with van der Waals surface area (Å²) >= 11 is 0. The van der Waals surface area contributed by atoms with Crippen molar-refractivity contribution in [2.75, 3.05) is 6.61 Å². The zero-order valence-corrected chi connectivity index (χ0v) is 18.1. The fourth-order valence-electron chi connectivity index (χ4n) is 3.59. The molecule has 6 heteroatoms. The number of aromatic nitrogens is 2. The number of hydrogen-bond donors (Lipinski definition) is 2. The normalized spacial score (nSPS) is 11.9. The highest BCUT2D eigenvalue weighted by Crippen LogP contribution is 2.18. The fourth-order valence-corrected chi connectivity index (χ4v) is 3.59. The molecule has 0 saturated carbocycles. The second-order valence-electron chi connectivity index (χ2n) is 7.64. The summed E-state index contributed by atoms with van der Waals surface area (Å²) in [5.74, 6) is 1.25. The Morgan fingerprint density at radius 3 is 2.50 bits per heavy atom. The number of aliphatic hydroxyl groups is 1. The molecule has 0 aliphatic heterocycles. The Morgan fingerprint density at radius 2 is 1.75 bits per heavy atom. The number of aryl methyl sites for hydroxylation is 1. The lowest BCUT2D eigenvalue weighted by molar-refractivity contribution is 0.0917. The molecule has 3 aromatic carbocycles. The van der Waals surface area contributed by atoms with Gasteiger partial charge in [-0.1, -0.05) is 49.4 Å². The standard InChI is InChI=1S/C26H27N3O3/c1-2-19-12-14-22(15-13-19)32-18-21(30)17-29-24-11-7-6-10-23(24)28-25(29)16-27-26(31)20-8-4-3-5-9-20/h3-15,21,30H,2,16-18H2,1H3,(H,27,31). The van der Waals surface area contributed by atoms with Crippen LogP contribution in [-0.2, 0) is 19.5 Å². The van der Waals surface area contributed by atoms with Crippen LogP contribution < -0.4 is 10.1 Å². The SMILES string of the molecule is CCc1ccc(OCC(O)Cn2c(CNC(=O)c3ccccc3)nc3ccccc32)cc1. The Labute approximate surface area is 187 Å². The third-order valence-corrected chi connectivity index (χ3v) is 5.34. The molecule has 0 aliphatic carbocycles. The molecule has 0 aliphatic rings. The van der Waals surface area contributed by atoms with Gasteiger partial charge in [0.15, 0.2) is 0 Å². The van der Waals surface area contributed by atoms with Crippen LogP contribution in [0.1, 0.15) is 28.7 Å². The number of aliphatic hydroxyl groups excluding tert-OH is 1. The molecule has 0 bridgehead atoms. The zero-order chi connectivity index (χ0) is 22.3. The van der Waals surface area contributed by atoms with Gasteiger partial charge in [0.1, 0.15) is 24.3 Å². The number of imidazole rings is 1. The molecule has 164 valence electrons. The third kappa shape index (κ3) is 5.15. The van der Waals surface area contributed by atoms with Crippen LogP contribution in [0.2, 0.25) is 0 Å². The Morgan fingerprint density at radius 1 is 1.03 bits per heavy atom. The molecule has 2 N–H and O–H groups in total. The van der Waals surface area contributed by atoms with E-state index in [1.54, 1.807) is 12.1 Å². The number of fused-ring (bicyclic) bond motifs is 1. The van der Waals surface area contributed by atoms with E-state index in [1.807, 2.05) is 71.3 Å². The number of carbonyl (C=O) groups is 1. The smallest absolute Gasteiger partial charge is 0.251 e. The molecular weight excluding hydrogens is 402 g/mol. The summed E-state index contributed by atoms with van der Waals surface area (Å²) in [6.07, 6.45) is 0.238. The molecule has 0 fully saturated rings. The number of nitrogens with one attached hydrogen (secondary N) is 1. The Bertz CT molecular complexity index is 1170. The van der Waals surface area contributed by atoms with Crippen LogP contribution in [0.4, 0.5) is 0 Å². The van der Waals surface area contributed by atoms with E-state index in [0.717, 1.165) is 23.2 Å². The van der Waals surface area contributed by atoms with Crippen LogP contribution in [0.5, 0.6) is 5.75 Å². The Kier molecular flexibility index (Phi) is 6.82. The van der Waals surface area contributed by atoms with Crippen molar-refractivity contribution in [3.05, 3.63) is 95.8 Å². The molecule has 0 radical (unpaired) electrons. The van der Waals surface area contributed by atoms with E-state index in [1.165, 1.54) is 5.56 Å². The first kappa shape index (κ1) is 21.6. The molecule has 1 amide bonds. The molecule has 6 nitrogen and oxygen atoms in total. The summed E-state index contributed by atoms with van der Waals surface area (Å²) in [6, 6.07) is 24.7. The van der Waals surface area contributed by atoms with Crippen molar-refractivity contribution in [1.29, 1.82) is 0 Å². The quantitative estimate of drug-likeness (QED) is 0.422. The number of rotatable bonds is 9. The van der Waals surface area contributed by atoms with Crippen LogP contribution >= 0.6 is 0 Å². The number of benzene rings is 3. The molecule has 1 aromatic heterocycles. The molecule has 4 rings (SSSR count). The second kappa shape index (κ2) is 10.1. The molecule has 32 heavy (non-hydrogen) atoms. The molecule has 1 unspecified atom stereocenters. The minimum atomic E-state index is -0.734. The zero-order valence-electron chi connectivity index (χ0n) is 18.1. The van der Waals surface area contributed by atoms with Crippen molar-refractivity contribution in [3.63, 3.8) is 0 Å². The summed E-state index contributed by atoms with van der Waals surface area (Å²) in [7, 11) is 0. The maximum absolute atomic E-state index is 12.5. The van der Waals surface area contributed by atoms with Crippen molar-refractivity contribution in [3.8, 4) is 5.75 Å². The molecule has 1 heterocycles. The maximum atomic E-state index is 12.5. The minimum absolute atomic E-state index is 0.161. The van der Waals surface area contributed by atoms with Gasteiger partial charge in [0.05, 0.1) is 24.1 Å². The van der Waals surface area contributed by atoms with Crippen LogP contribution in [-0.4, -0.2) is 33.3 Å². The van der Waals surface area contributed by atoms with Gasteiger partial charge >= 0.3 is 0 Å². The second-order valence-corrected chi connectivity index (χ2v) is 7.64. The fraction of sp³-hybridized carbons (Fsp3) is 0.231. The largest absolute Gasteiger partial charge is 0.491 e. The van der Waals surface area contributed by atoms with Crippen LogP contribution in [0.25, 0.3) is 11.0 Å². The summed E-state index contributed by atoms with van der Waals surface area (Å²) in [5, 5.41) is 13.6. The van der Waals surface area contributed by atoms with Gasteiger partial charge in [-0.15, -0.1) is 0 Å². The summed E-state index contributed by atoms with van der Waals surface area (Å²) in [4.78, 5) is 17.1. The lowest BCUT2D eigenvalue weighted by Crippen LogP contribution is -2.28. The van der Waals surface area contributed by atoms with Crippen molar-refractivity contribution in [1.82, 2.24) is 14.9 Å².